The van der Waals surface area contributed by atoms with E-state index in [1.807, 2.05) is 13.0 Å². The predicted molar refractivity (Wildman–Crippen MR) is 53.6 cm³/mol. The maximum atomic E-state index is 12.8. The molecule has 0 radical (unpaired) electrons. The van der Waals surface area contributed by atoms with Crippen molar-refractivity contribution in [3.63, 3.8) is 0 Å². The van der Waals surface area contributed by atoms with Gasteiger partial charge in [0, 0.05) is 11.5 Å². The van der Waals surface area contributed by atoms with Crippen LogP contribution in [0.15, 0.2) is 28.7 Å². The van der Waals surface area contributed by atoms with Crippen LogP contribution < -0.4 is 5.32 Å². The SMILES string of the molecule is CCNCc1cc2ccc(F)cc2o1. The van der Waals surface area contributed by atoms with Crippen molar-refractivity contribution >= 4 is 11.0 Å². The van der Waals surface area contributed by atoms with Gasteiger partial charge in [-0.15, -0.1) is 0 Å². The molecule has 2 nitrogen and oxygen atoms in total. The molecule has 0 fully saturated rings. The molecule has 0 unspecified atom stereocenters. The van der Waals surface area contributed by atoms with Gasteiger partial charge >= 0.3 is 0 Å². The van der Waals surface area contributed by atoms with Gasteiger partial charge < -0.3 is 9.73 Å². The fraction of sp³-hybridized carbons (Fsp3) is 0.273. The molecule has 1 heterocycles. The predicted octanol–water partition coefficient (Wildman–Crippen LogP) is 2.68. The highest BCUT2D eigenvalue weighted by Gasteiger charge is 2.03. The average Bonchev–Trinajstić information content (AvgIpc) is 2.56. The van der Waals surface area contributed by atoms with Crippen molar-refractivity contribution in [1.29, 1.82) is 0 Å². The summed E-state index contributed by atoms with van der Waals surface area (Å²) in [7, 11) is 0. The number of benzene rings is 1. The highest BCUT2D eigenvalue weighted by atomic mass is 19.1. The lowest BCUT2D eigenvalue weighted by Gasteiger charge is -1.94. The van der Waals surface area contributed by atoms with E-state index in [4.69, 9.17) is 4.42 Å². The van der Waals surface area contributed by atoms with Gasteiger partial charge in [-0.2, -0.15) is 0 Å². The van der Waals surface area contributed by atoms with Crippen LogP contribution in [0.4, 0.5) is 4.39 Å². The lowest BCUT2D eigenvalue weighted by atomic mass is 10.2. The normalized spacial score (nSPS) is 11.0. The molecule has 1 aromatic heterocycles. The summed E-state index contributed by atoms with van der Waals surface area (Å²) in [4.78, 5) is 0. The van der Waals surface area contributed by atoms with E-state index in [2.05, 4.69) is 5.32 Å². The molecule has 1 N–H and O–H groups in total. The first-order chi connectivity index (χ1) is 6.79. The van der Waals surface area contributed by atoms with Crippen LogP contribution in [-0.2, 0) is 6.54 Å². The molecule has 0 bridgehead atoms. The number of hydrogen-bond donors (Lipinski definition) is 1. The monoisotopic (exact) mass is 193 g/mol. The Morgan fingerprint density at radius 1 is 1.36 bits per heavy atom. The van der Waals surface area contributed by atoms with E-state index in [1.165, 1.54) is 12.1 Å². The summed E-state index contributed by atoms with van der Waals surface area (Å²) < 4.78 is 18.3. The molecule has 3 heteroatoms. The summed E-state index contributed by atoms with van der Waals surface area (Å²) in [5, 5.41) is 4.10. The maximum absolute atomic E-state index is 12.8. The number of furan rings is 1. The first-order valence-corrected chi connectivity index (χ1v) is 4.68. The van der Waals surface area contributed by atoms with Crippen molar-refractivity contribution in [3.05, 3.63) is 35.8 Å². The van der Waals surface area contributed by atoms with Crippen LogP contribution in [0.2, 0.25) is 0 Å². The van der Waals surface area contributed by atoms with E-state index in [0.717, 1.165) is 17.7 Å². The molecule has 0 amide bonds. The van der Waals surface area contributed by atoms with Crippen molar-refractivity contribution in [2.75, 3.05) is 6.54 Å². The molecular weight excluding hydrogens is 181 g/mol. The Morgan fingerprint density at radius 3 is 3.00 bits per heavy atom. The third kappa shape index (κ3) is 1.77. The number of rotatable bonds is 3. The van der Waals surface area contributed by atoms with E-state index in [0.29, 0.717) is 12.1 Å². The summed E-state index contributed by atoms with van der Waals surface area (Å²) in [5.41, 5.74) is 0.609. The summed E-state index contributed by atoms with van der Waals surface area (Å²) in [6.07, 6.45) is 0. The van der Waals surface area contributed by atoms with E-state index in [9.17, 15) is 4.39 Å². The van der Waals surface area contributed by atoms with Gasteiger partial charge in [0.25, 0.3) is 0 Å². The molecule has 0 aliphatic heterocycles. The summed E-state index contributed by atoms with van der Waals surface area (Å²) in [6, 6.07) is 6.50. The fourth-order valence-corrected chi connectivity index (χ4v) is 1.40. The zero-order valence-electron chi connectivity index (χ0n) is 8.01. The van der Waals surface area contributed by atoms with Gasteiger partial charge in [0.1, 0.15) is 17.2 Å². The largest absolute Gasteiger partial charge is 0.460 e. The van der Waals surface area contributed by atoms with Gasteiger partial charge in [-0.05, 0) is 24.7 Å². The topological polar surface area (TPSA) is 25.2 Å². The summed E-state index contributed by atoms with van der Waals surface area (Å²) >= 11 is 0. The number of halogens is 1. The minimum Gasteiger partial charge on any atom is -0.460 e. The first-order valence-electron chi connectivity index (χ1n) is 4.68. The Morgan fingerprint density at radius 2 is 2.21 bits per heavy atom. The molecule has 2 rings (SSSR count). The van der Waals surface area contributed by atoms with Crippen molar-refractivity contribution in [2.45, 2.75) is 13.5 Å². The Labute approximate surface area is 81.7 Å². The van der Waals surface area contributed by atoms with Crippen molar-refractivity contribution in [1.82, 2.24) is 5.32 Å². The van der Waals surface area contributed by atoms with Crippen molar-refractivity contribution < 1.29 is 8.81 Å². The second kappa shape index (κ2) is 3.80. The lowest BCUT2D eigenvalue weighted by Crippen LogP contribution is -2.10. The number of nitrogens with one attached hydrogen (secondary N) is 1. The second-order valence-electron chi connectivity index (χ2n) is 3.18. The minimum absolute atomic E-state index is 0.262. The summed E-state index contributed by atoms with van der Waals surface area (Å²) in [5.74, 6) is 0.578. The molecule has 0 aliphatic carbocycles. The van der Waals surface area contributed by atoms with E-state index >= 15 is 0 Å². The highest BCUT2D eigenvalue weighted by molar-refractivity contribution is 5.77. The molecule has 2 aromatic rings. The van der Waals surface area contributed by atoms with E-state index in [1.54, 1.807) is 6.07 Å². The van der Waals surface area contributed by atoms with Gasteiger partial charge in [-0.25, -0.2) is 4.39 Å². The summed E-state index contributed by atoms with van der Waals surface area (Å²) in [6.45, 7) is 3.61. The third-order valence-electron chi connectivity index (χ3n) is 2.08. The maximum Gasteiger partial charge on any atom is 0.137 e. The molecule has 0 saturated carbocycles. The second-order valence-corrected chi connectivity index (χ2v) is 3.18. The Bertz CT molecular complexity index is 436. The fourth-order valence-electron chi connectivity index (χ4n) is 1.40. The van der Waals surface area contributed by atoms with Crippen LogP contribution in [-0.4, -0.2) is 6.54 Å². The molecular formula is C11H12FNO. The van der Waals surface area contributed by atoms with Crippen LogP contribution in [0.1, 0.15) is 12.7 Å². The Kier molecular flexibility index (Phi) is 2.50. The Balaban J connectivity index is 2.32. The van der Waals surface area contributed by atoms with E-state index < -0.39 is 0 Å². The van der Waals surface area contributed by atoms with Gasteiger partial charge in [0.2, 0.25) is 0 Å². The lowest BCUT2D eigenvalue weighted by molar-refractivity contribution is 0.517. The molecule has 0 aliphatic rings. The van der Waals surface area contributed by atoms with Crippen LogP contribution in [0.25, 0.3) is 11.0 Å². The quantitative estimate of drug-likeness (QED) is 0.810. The Hall–Kier alpha value is -1.35. The molecule has 0 spiro atoms. The van der Waals surface area contributed by atoms with Crippen LogP contribution in [0, 0.1) is 5.82 Å². The zero-order chi connectivity index (χ0) is 9.97. The average molecular weight is 193 g/mol. The van der Waals surface area contributed by atoms with Gasteiger partial charge in [-0.1, -0.05) is 6.92 Å². The minimum atomic E-state index is -0.262. The van der Waals surface area contributed by atoms with Crippen molar-refractivity contribution in [2.24, 2.45) is 0 Å². The smallest absolute Gasteiger partial charge is 0.137 e. The molecule has 0 saturated heterocycles. The van der Waals surface area contributed by atoms with E-state index in [-0.39, 0.29) is 5.82 Å². The number of fused-ring (bicyclic) bond motifs is 1. The first kappa shape index (κ1) is 9.21. The van der Waals surface area contributed by atoms with Gasteiger partial charge in [0.15, 0.2) is 0 Å². The standard InChI is InChI=1S/C11H12FNO/c1-2-13-7-10-5-8-3-4-9(12)6-11(8)14-10/h3-6,13H,2,7H2,1H3. The molecule has 1 aromatic carbocycles. The van der Waals surface area contributed by atoms with Gasteiger partial charge in [-0.3, -0.25) is 0 Å². The third-order valence-corrected chi connectivity index (χ3v) is 2.08. The molecule has 74 valence electrons. The van der Waals surface area contributed by atoms with Crippen LogP contribution in [0.3, 0.4) is 0 Å². The molecule has 0 atom stereocenters. The van der Waals surface area contributed by atoms with Crippen molar-refractivity contribution in [3.8, 4) is 0 Å². The van der Waals surface area contributed by atoms with Crippen LogP contribution >= 0.6 is 0 Å². The van der Waals surface area contributed by atoms with Gasteiger partial charge in [0.05, 0.1) is 6.54 Å². The highest BCUT2D eigenvalue weighted by Crippen LogP contribution is 2.19. The molecule has 14 heavy (non-hydrogen) atoms. The number of hydrogen-bond acceptors (Lipinski definition) is 2. The zero-order valence-corrected chi connectivity index (χ0v) is 8.01. The van der Waals surface area contributed by atoms with Crippen LogP contribution in [0.5, 0.6) is 0 Å².